The fourth-order valence-corrected chi connectivity index (χ4v) is 1.76. The van der Waals surface area contributed by atoms with Crippen molar-refractivity contribution in [2.75, 3.05) is 6.61 Å². The molecule has 2 rings (SSSR count). The van der Waals surface area contributed by atoms with Crippen molar-refractivity contribution < 1.29 is 4.74 Å². The number of hydrogen-bond donors (Lipinski definition) is 0. The van der Waals surface area contributed by atoms with Crippen LogP contribution in [0, 0.1) is 0 Å². The lowest BCUT2D eigenvalue weighted by atomic mass is 10.2. The molecule has 0 fully saturated rings. The Morgan fingerprint density at radius 1 is 1.06 bits per heavy atom. The van der Waals surface area contributed by atoms with Crippen molar-refractivity contribution in [3.8, 4) is 5.75 Å². The number of halogens is 1. The number of nitrogens with zero attached hydrogens (tertiary/aromatic N) is 1. The van der Waals surface area contributed by atoms with Crippen LogP contribution in [0.25, 0.3) is 0 Å². The first-order valence-electron chi connectivity index (χ1n) is 5.80. The van der Waals surface area contributed by atoms with Crippen molar-refractivity contribution in [2.45, 2.75) is 6.92 Å². The van der Waals surface area contributed by atoms with Crippen LogP contribution in [0.5, 0.6) is 5.75 Å². The molecule has 0 aliphatic heterocycles. The van der Waals surface area contributed by atoms with E-state index >= 15 is 0 Å². The number of aliphatic imine (C=N–C) groups is 1. The molecule has 92 valence electrons. The van der Waals surface area contributed by atoms with Gasteiger partial charge in [0, 0.05) is 10.7 Å². The van der Waals surface area contributed by atoms with E-state index in [4.69, 9.17) is 4.74 Å². The monoisotopic (exact) mass is 303 g/mol. The summed E-state index contributed by atoms with van der Waals surface area (Å²) in [5.74, 6) is 0.887. The van der Waals surface area contributed by atoms with E-state index in [0.717, 1.165) is 21.5 Å². The summed E-state index contributed by atoms with van der Waals surface area (Å²) < 4.78 is 6.44. The van der Waals surface area contributed by atoms with Gasteiger partial charge in [0.1, 0.15) is 5.75 Å². The largest absolute Gasteiger partial charge is 0.494 e. The van der Waals surface area contributed by atoms with Crippen LogP contribution in [0.15, 0.2) is 58.0 Å². The summed E-state index contributed by atoms with van der Waals surface area (Å²) in [5, 5.41) is 0. The second-order valence-corrected chi connectivity index (χ2v) is 4.65. The molecule has 0 N–H and O–H groups in total. The average Bonchev–Trinajstić information content (AvgIpc) is 2.40. The number of hydrogen-bond acceptors (Lipinski definition) is 2. The summed E-state index contributed by atoms with van der Waals surface area (Å²) in [6, 6.07) is 15.8. The number of rotatable bonds is 4. The standard InChI is InChI=1S/C15H14BrNO/c1-2-18-15-9-3-12(4-10-15)11-17-14-7-5-13(16)6-8-14/h3-11H,2H2,1H3. The minimum Gasteiger partial charge on any atom is -0.494 e. The van der Waals surface area contributed by atoms with E-state index in [1.54, 1.807) is 0 Å². The van der Waals surface area contributed by atoms with Crippen LogP contribution in [0.2, 0.25) is 0 Å². The molecule has 0 aliphatic rings. The Morgan fingerprint density at radius 3 is 2.33 bits per heavy atom. The van der Waals surface area contributed by atoms with E-state index < -0.39 is 0 Å². The molecule has 2 aromatic rings. The van der Waals surface area contributed by atoms with E-state index in [9.17, 15) is 0 Å². The molecule has 0 heterocycles. The zero-order valence-electron chi connectivity index (χ0n) is 10.1. The van der Waals surface area contributed by atoms with Crippen molar-refractivity contribution in [1.82, 2.24) is 0 Å². The molecule has 2 aromatic carbocycles. The molecule has 0 amide bonds. The molecule has 0 atom stereocenters. The third kappa shape index (κ3) is 3.70. The molecule has 0 radical (unpaired) electrons. The van der Waals surface area contributed by atoms with E-state index in [1.165, 1.54) is 0 Å². The zero-order valence-corrected chi connectivity index (χ0v) is 11.7. The van der Waals surface area contributed by atoms with Gasteiger partial charge in [-0.25, -0.2) is 0 Å². The van der Waals surface area contributed by atoms with Gasteiger partial charge < -0.3 is 4.74 Å². The van der Waals surface area contributed by atoms with Gasteiger partial charge >= 0.3 is 0 Å². The first-order chi connectivity index (χ1) is 8.78. The van der Waals surface area contributed by atoms with E-state index in [2.05, 4.69) is 20.9 Å². The van der Waals surface area contributed by atoms with Crippen LogP contribution < -0.4 is 4.74 Å². The molecule has 0 aromatic heterocycles. The molecular weight excluding hydrogens is 290 g/mol. The van der Waals surface area contributed by atoms with Crippen molar-refractivity contribution in [3.63, 3.8) is 0 Å². The molecule has 0 spiro atoms. The molecule has 18 heavy (non-hydrogen) atoms. The van der Waals surface area contributed by atoms with Crippen LogP contribution in [0.4, 0.5) is 5.69 Å². The summed E-state index contributed by atoms with van der Waals surface area (Å²) in [4.78, 5) is 4.41. The lowest BCUT2D eigenvalue weighted by molar-refractivity contribution is 0.340. The summed E-state index contributed by atoms with van der Waals surface area (Å²) in [6.45, 7) is 2.66. The molecule has 0 unspecified atom stereocenters. The Kier molecular flexibility index (Phi) is 4.53. The van der Waals surface area contributed by atoms with Gasteiger partial charge in [-0.15, -0.1) is 0 Å². The van der Waals surface area contributed by atoms with E-state index in [1.807, 2.05) is 61.7 Å². The highest BCUT2D eigenvalue weighted by Gasteiger charge is 1.93. The van der Waals surface area contributed by atoms with Gasteiger partial charge in [0.25, 0.3) is 0 Å². The minimum atomic E-state index is 0.687. The zero-order chi connectivity index (χ0) is 12.8. The molecule has 2 nitrogen and oxygen atoms in total. The molecule has 0 aliphatic carbocycles. The van der Waals surface area contributed by atoms with Crippen molar-refractivity contribution >= 4 is 27.8 Å². The molecule has 0 saturated heterocycles. The fraction of sp³-hybridized carbons (Fsp3) is 0.133. The normalized spacial score (nSPS) is 10.8. The van der Waals surface area contributed by atoms with E-state index in [-0.39, 0.29) is 0 Å². The summed E-state index contributed by atoms with van der Waals surface area (Å²) in [7, 11) is 0. The third-order valence-corrected chi connectivity index (χ3v) is 2.91. The van der Waals surface area contributed by atoms with Crippen molar-refractivity contribution in [2.24, 2.45) is 4.99 Å². The van der Waals surface area contributed by atoms with Gasteiger partial charge in [-0.05, 0) is 61.0 Å². The summed E-state index contributed by atoms with van der Waals surface area (Å²) in [6.07, 6.45) is 1.85. The maximum Gasteiger partial charge on any atom is 0.119 e. The summed E-state index contributed by atoms with van der Waals surface area (Å²) in [5.41, 5.74) is 1.99. The lowest BCUT2D eigenvalue weighted by Crippen LogP contribution is -1.91. The SMILES string of the molecule is CCOc1ccc(C=Nc2ccc(Br)cc2)cc1. The highest BCUT2D eigenvalue weighted by molar-refractivity contribution is 9.10. The lowest BCUT2D eigenvalue weighted by Gasteiger charge is -2.02. The highest BCUT2D eigenvalue weighted by Crippen LogP contribution is 2.17. The van der Waals surface area contributed by atoms with Crippen LogP contribution in [0.3, 0.4) is 0 Å². The fourth-order valence-electron chi connectivity index (χ4n) is 1.49. The molecule has 0 bridgehead atoms. The Labute approximate surface area is 115 Å². The van der Waals surface area contributed by atoms with Gasteiger partial charge in [-0.2, -0.15) is 0 Å². The average molecular weight is 304 g/mol. The topological polar surface area (TPSA) is 21.6 Å². The Balaban J connectivity index is 2.06. The van der Waals surface area contributed by atoms with Crippen LogP contribution in [0.1, 0.15) is 12.5 Å². The van der Waals surface area contributed by atoms with E-state index in [0.29, 0.717) is 6.61 Å². The summed E-state index contributed by atoms with van der Waals surface area (Å²) >= 11 is 3.40. The Morgan fingerprint density at radius 2 is 1.72 bits per heavy atom. The van der Waals surface area contributed by atoms with Crippen molar-refractivity contribution in [1.29, 1.82) is 0 Å². The highest BCUT2D eigenvalue weighted by atomic mass is 79.9. The maximum absolute atomic E-state index is 5.39. The first kappa shape index (κ1) is 12.8. The Hall–Kier alpha value is -1.61. The molecular formula is C15H14BrNO. The van der Waals surface area contributed by atoms with Crippen LogP contribution >= 0.6 is 15.9 Å². The smallest absolute Gasteiger partial charge is 0.119 e. The van der Waals surface area contributed by atoms with Crippen LogP contribution in [-0.2, 0) is 0 Å². The van der Waals surface area contributed by atoms with Crippen molar-refractivity contribution in [3.05, 3.63) is 58.6 Å². The van der Waals surface area contributed by atoms with Crippen LogP contribution in [-0.4, -0.2) is 12.8 Å². The van der Waals surface area contributed by atoms with Gasteiger partial charge in [0.15, 0.2) is 0 Å². The number of benzene rings is 2. The predicted octanol–water partition coefficient (Wildman–Crippen LogP) is 4.60. The third-order valence-electron chi connectivity index (χ3n) is 2.38. The molecule has 3 heteroatoms. The second kappa shape index (κ2) is 6.36. The minimum absolute atomic E-state index is 0.687. The first-order valence-corrected chi connectivity index (χ1v) is 6.60. The quantitative estimate of drug-likeness (QED) is 0.757. The Bertz CT molecular complexity index is 517. The molecule has 0 saturated carbocycles. The van der Waals surface area contributed by atoms with Gasteiger partial charge in [-0.3, -0.25) is 4.99 Å². The van der Waals surface area contributed by atoms with Gasteiger partial charge in [0.2, 0.25) is 0 Å². The maximum atomic E-state index is 5.39. The van der Waals surface area contributed by atoms with Gasteiger partial charge in [0.05, 0.1) is 12.3 Å². The number of ether oxygens (including phenoxy) is 1. The predicted molar refractivity (Wildman–Crippen MR) is 79.0 cm³/mol. The van der Waals surface area contributed by atoms with Gasteiger partial charge in [-0.1, -0.05) is 15.9 Å². The second-order valence-electron chi connectivity index (χ2n) is 3.74.